The van der Waals surface area contributed by atoms with Gasteiger partial charge >= 0.3 is 6.09 Å². The number of benzene rings is 1. The molecule has 0 spiro atoms. The number of nitrogens with zero attached hydrogens (tertiary/aromatic N) is 1. The number of nitrogen functional groups attached to an aromatic ring is 1. The maximum Gasteiger partial charge on any atom is 0.407 e. The van der Waals surface area contributed by atoms with Crippen molar-refractivity contribution in [3.8, 4) is 5.75 Å². The highest BCUT2D eigenvalue weighted by Crippen LogP contribution is 2.36. The fourth-order valence-corrected chi connectivity index (χ4v) is 3.63. The van der Waals surface area contributed by atoms with Crippen molar-refractivity contribution in [1.82, 2.24) is 4.90 Å². The van der Waals surface area contributed by atoms with E-state index in [9.17, 15) is 9.90 Å². The van der Waals surface area contributed by atoms with Gasteiger partial charge in [-0.05, 0) is 54.7 Å². The molecule has 3 N–H and O–H groups in total. The van der Waals surface area contributed by atoms with E-state index in [2.05, 4.69) is 20.8 Å². The third kappa shape index (κ3) is 4.34. The zero-order chi connectivity index (χ0) is 17.9. The summed E-state index contributed by atoms with van der Waals surface area (Å²) in [5.41, 5.74) is 7.70. The second-order valence-corrected chi connectivity index (χ2v) is 7.86. The van der Waals surface area contributed by atoms with Gasteiger partial charge in [0.1, 0.15) is 5.75 Å². The number of rotatable bonds is 4. The molecule has 1 heterocycles. The Morgan fingerprint density at radius 3 is 2.71 bits per heavy atom. The van der Waals surface area contributed by atoms with Gasteiger partial charge in [-0.2, -0.15) is 0 Å². The van der Waals surface area contributed by atoms with Crippen LogP contribution in [0.5, 0.6) is 5.75 Å². The van der Waals surface area contributed by atoms with Crippen LogP contribution in [0.4, 0.5) is 10.5 Å². The number of carboxylic acid groups (broad SMARTS) is 1. The van der Waals surface area contributed by atoms with Gasteiger partial charge in [0.05, 0.1) is 12.8 Å². The van der Waals surface area contributed by atoms with Crippen molar-refractivity contribution in [3.63, 3.8) is 0 Å². The Hall–Kier alpha value is -1.91. The van der Waals surface area contributed by atoms with Crippen LogP contribution in [0.1, 0.15) is 45.6 Å². The van der Waals surface area contributed by atoms with Crippen molar-refractivity contribution in [2.75, 3.05) is 19.4 Å². The predicted octanol–water partition coefficient (Wildman–Crippen LogP) is 4.01. The summed E-state index contributed by atoms with van der Waals surface area (Å²) in [4.78, 5) is 13.1. The molecule has 0 radical (unpaired) electrons. The molecule has 2 unspecified atom stereocenters. The largest absolute Gasteiger partial charge is 0.495 e. The molecule has 134 valence electrons. The smallest absolute Gasteiger partial charge is 0.407 e. The van der Waals surface area contributed by atoms with Crippen LogP contribution in [0.25, 0.3) is 0 Å². The first-order valence-corrected chi connectivity index (χ1v) is 8.64. The van der Waals surface area contributed by atoms with Crippen LogP contribution in [-0.2, 0) is 6.42 Å². The van der Waals surface area contributed by atoms with E-state index >= 15 is 0 Å². The highest BCUT2D eigenvalue weighted by atomic mass is 16.5. The number of methoxy groups -OCH3 is 1. The summed E-state index contributed by atoms with van der Waals surface area (Å²) in [6, 6.07) is 6.02. The Morgan fingerprint density at radius 2 is 2.12 bits per heavy atom. The van der Waals surface area contributed by atoms with Crippen LogP contribution < -0.4 is 10.5 Å². The first kappa shape index (κ1) is 18.4. The first-order chi connectivity index (χ1) is 11.2. The third-order valence-electron chi connectivity index (χ3n) is 5.10. The second-order valence-electron chi connectivity index (χ2n) is 7.86. The lowest BCUT2D eigenvalue weighted by Crippen LogP contribution is -2.51. The van der Waals surface area contributed by atoms with E-state index in [0.29, 0.717) is 18.2 Å². The van der Waals surface area contributed by atoms with Gasteiger partial charge in [0, 0.05) is 12.6 Å². The average molecular weight is 334 g/mol. The number of amides is 1. The Kier molecular flexibility index (Phi) is 5.62. The number of piperidine rings is 1. The summed E-state index contributed by atoms with van der Waals surface area (Å²) in [6.45, 7) is 7.01. The van der Waals surface area contributed by atoms with Crippen LogP contribution in [0.2, 0.25) is 0 Å². The molecule has 1 saturated heterocycles. The van der Waals surface area contributed by atoms with Crippen molar-refractivity contribution in [2.24, 2.45) is 11.3 Å². The molecule has 1 aliphatic heterocycles. The molecular formula is C19H30N2O3. The van der Waals surface area contributed by atoms with Gasteiger partial charge in [0.2, 0.25) is 0 Å². The van der Waals surface area contributed by atoms with Crippen molar-refractivity contribution in [3.05, 3.63) is 23.8 Å². The molecular weight excluding hydrogens is 304 g/mol. The summed E-state index contributed by atoms with van der Waals surface area (Å²) in [5.74, 6) is 1.27. The van der Waals surface area contributed by atoms with E-state index in [1.807, 2.05) is 18.2 Å². The lowest BCUT2D eigenvalue weighted by Gasteiger charge is -2.44. The van der Waals surface area contributed by atoms with Crippen molar-refractivity contribution in [1.29, 1.82) is 0 Å². The number of hydrogen-bond donors (Lipinski definition) is 2. The molecule has 1 aromatic rings. The van der Waals surface area contributed by atoms with E-state index in [-0.39, 0.29) is 11.5 Å². The van der Waals surface area contributed by atoms with Crippen molar-refractivity contribution >= 4 is 11.8 Å². The van der Waals surface area contributed by atoms with Gasteiger partial charge < -0.3 is 20.5 Å². The third-order valence-corrected chi connectivity index (χ3v) is 5.10. The SMILES string of the molecule is COc1cc(CCC2CCN(C(=O)O)C(C(C)(C)C)C2)ccc1N. The van der Waals surface area contributed by atoms with E-state index in [0.717, 1.165) is 31.4 Å². The minimum absolute atomic E-state index is 0.0402. The first-order valence-electron chi connectivity index (χ1n) is 8.64. The highest BCUT2D eigenvalue weighted by Gasteiger charge is 2.38. The van der Waals surface area contributed by atoms with E-state index < -0.39 is 6.09 Å². The Labute approximate surface area is 144 Å². The standard InChI is InChI=1S/C19H30N2O3/c1-19(2,3)17-12-14(9-10-21(17)18(22)23)6-5-13-7-8-15(20)16(11-13)24-4/h7-8,11,14,17H,5-6,9-10,12,20H2,1-4H3,(H,22,23). The molecule has 0 aromatic heterocycles. The summed E-state index contributed by atoms with van der Waals surface area (Å²) < 4.78 is 5.28. The maximum atomic E-state index is 11.5. The van der Waals surface area contributed by atoms with Crippen LogP contribution in [0.15, 0.2) is 18.2 Å². The van der Waals surface area contributed by atoms with Gasteiger partial charge in [0.15, 0.2) is 0 Å². The minimum atomic E-state index is -0.795. The maximum absolute atomic E-state index is 11.5. The van der Waals surface area contributed by atoms with Crippen LogP contribution in [0.3, 0.4) is 0 Å². The van der Waals surface area contributed by atoms with E-state index in [1.165, 1.54) is 5.56 Å². The lowest BCUT2D eigenvalue weighted by atomic mass is 9.75. The molecule has 0 saturated carbocycles. The number of ether oxygens (including phenoxy) is 1. The van der Waals surface area contributed by atoms with Gasteiger partial charge in [-0.25, -0.2) is 4.79 Å². The topological polar surface area (TPSA) is 75.8 Å². The molecule has 5 nitrogen and oxygen atoms in total. The Balaban J connectivity index is 2.00. The van der Waals surface area contributed by atoms with Crippen molar-refractivity contribution < 1.29 is 14.6 Å². The molecule has 0 bridgehead atoms. The molecule has 1 aromatic carbocycles. The summed E-state index contributed by atoms with van der Waals surface area (Å²) in [6.07, 6.45) is 3.10. The fourth-order valence-electron chi connectivity index (χ4n) is 3.63. The van der Waals surface area contributed by atoms with Gasteiger partial charge in [-0.1, -0.05) is 26.8 Å². The zero-order valence-corrected chi connectivity index (χ0v) is 15.2. The highest BCUT2D eigenvalue weighted by molar-refractivity contribution is 5.65. The van der Waals surface area contributed by atoms with Crippen LogP contribution in [-0.4, -0.2) is 35.8 Å². The van der Waals surface area contributed by atoms with Crippen LogP contribution in [0, 0.1) is 11.3 Å². The van der Waals surface area contributed by atoms with Crippen molar-refractivity contribution in [2.45, 2.75) is 52.5 Å². The van der Waals surface area contributed by atoms with E-state index in [1.54, 1.807) is 12.0 Å². The Morgan fingerprint density at radius 1 is 1.42 bits per heavy atom. The monoisotopic (exact) mass is 334 g/mol. The van der Waals surface area contributed by atoms with Gasteiger partial charge in [-0.3, -0.25) is 0 Å². The number of carbonyl (C=O) groups is 1. The number of likely N-dealkylation sites (tertiary alicyclic amines) is 1. The predicted molar refractivity (Wildman–Crippen MR) is 96.4 cm³/mol. The fraction of sp³-hybridized carbons (Fsp3) is 0.632. The number of nitrogens with two attached hydrogens (primary N) is 1. The molecule has 1 amide bonds. The Bertz CT molecular complexity index is 580. The molecule has 0 aliphatic carbocycles. The van der Waals surface area contributed by atoms with E-state index in [4.69, 9.17) is 10.5 Å². The molecule has 5 heteroatoms. The lowest BCUT2D eigenvalue weighted by molar-refractivity contribution is 0.0391. The summed E-state index contributed by atoms with van der Waals surface area (Å²) in [5, 5.41) is 9.45. The minimum Gasteiger partial charge on any atom is -0.495 e. The summed E-state index contributed by atoms with van der Waals surface area (Å²) >= 11 is 0. The zero-order valence-electron chi connectivity index (χ0n) is 15.2. The van der Waals surface area contributed by atoms with Gasteiger partial charge in [0.25, 0.3) is 0 Å². The van der Waals surface area contributed by atoms with Crippen LogP contribution >= 0.6 is 0 Å². The number of aryl methyl sites for hydroxylation is 1. The number of anilines is 1. The average Bonchev–Trinajstić information content (AvgIpc) is 2.52. The molecule has 1 aliphatic rings. The van der Waals surface area contributed by atoms with Gasteiger partial charge in [-0.15, -0.1) is 0 Å². The molecule has 2 atom stereocenters. The summed E-state index contributed by atoms with van der Waals surface area (Å²) in [7, 11) is 1.63. The molecule has 2 rings (SSSR count). The molecule has 24 heavy (non-hydrogen) atoms. The molecule has 1 fully saturated rings. The quantitative estimate of drug-likeness (QED) is 0.816. The number of hydrogen-bond acceptors (Lipinski definition) is 3. The second kappa shape index (κ2) is 7.32. The normalized spacial score (nSPS) is 21.6.